The maximum Gasteiger partial charge on any atom is 0.323 e. The molecule has 1 rings (SSSR count). The lowest BCUT2D eigenvalue weighted by Gasteiger charge is -2.25. The zero-order valence-electron chi connectivity index (χ0n) is 12.4. The van der Waals surface area contributed by atoms with Crippen LogP contribution in [0.4, 0.5) is 4.79 Å². The lowest BCUT2D eigenvalue weighted by molar-refractivity contribution is -0.137. The number of amides is 2. The third-order valence-electron chi connectivity index (χ3n) is 3.22. The molecular weight excluding hydrogens is 260 g/mol. The van der Waals surface area contributed by atoms with Crippen LogP contribution < -0.4 is 5.32 Å². The molecule has 116 valence electrons. The number of carbonyl (C=O) groups excluding carboxylic acids is 1. The number of nitrogens with zero attached hydrogens (tertiary/aromatic N) is 1. The van der Waals surface area contributed by atoms with Gasteiger partial charge < -0.3 is 20.1 Å². The molecule has 0 aromatic rings. The number of rotatable bonds is 7. The third kappa shape index (κ3) is 6.75. The van der Waals surface area contributed by atoms with E-state index in [2.05, 4.69) is 5.32 Å². The van der Waals surface area contributed by atoms with Crippen LogP contribution in [0.2, 0.25) is 0 Å². The first-order valence-electron chi connectivity index (χ1n) is 7.35. The highest BCUT2D eigenvalue weighted by molar-refractivity contribution is 5.80. The second kappa shape index (κ2) is 8.79. The summed E-state index contributed by atoms with van der Waals surface area (Å²) in [6.07, 6.45) is 4.34. The lowest BCUT2D eigenvalue weighted by Crippen LogP contribution is -2.45. The molecule has 0 bridgehead atoms. The Morgan fingerprint density at radius 2 is 2.15 bits per heavy atom. The average Bonchev–Trinajstić information content (AvgIpc) is 2.38. The van der Waals surface area contributed by atoms with Crippen LogP contribution in [0.15, 0.2) is 0 Å². The summed E-state index contributed by atoms with van der Waals surface area (Å²) in [6, 6.07) is -0.308. The highest BCUT2D eigenvalue weighted by Crippen LogP contribution is 2.14. The standard InChI is InChI=1S/C14H26N2O4/c1-11(2)9-16(10-13(17)18)14(19)15-7-6-12-5-3-4-8-20-12/h11-12H,3-10H2,1-2H3,(H,15,19)(H,17,18). The van der Waals surface area contributed by atoms with Gasteiger partial charge in [-0.3, -0.25) is 4.79 Å². The summed E-state index contributed by atoms with van der Waals surface area (Å²) < 4.78 is 5.59. The van der Waals surface area contributed by atoms with Gasteiger partial charge in [0.2, 0.25) is 0 Å². The fourth-order valence-electron chi connectivity index (χ4n) is 2.31. The number of hydrogen-bond acceptors (Lipinski definition) is 3. The van der Waals surface area contributed by atoms with E-state index in [9.17, 15) is 9.59 Å². The Hall–Kier alpha value is -1.30. The Bertz CT molecular complexity index is 314. The molecule has 0 aliphatic carbocycles. The predicted octanol–water partition coefficient (Wildman–Crippen LogP) is 1.70. The van der Waals surface area contributed by atoms with Crippen molar-refractivity contribution in [1.82, 2.24) is 10.2 Å². The molecule has 1 unspecified atom stereocenters. The zero-order valence-corrected chi connectivity index (χ0v) is 12.4. The number of carbonyl (C=O) groups is 2. The zero-order chi connectivity index (χ0) is 15.0. The molecule has 1 fully saturated rings. The summed E-state index contributed by atoms with van der Waals surface area (Å²) in [5.74, 6) is -0.752. The van der Waals surface area contributed by atoms with Crippen LogP contribution in [-0.2, 0) is 9.53 Å². The Morgan fingerprint density at radius 3 is 2.70 bits per heavy atom. The molecule has 2 N–H and O–H groups in total. The van der Waals surface area contributed by atoms with Crippen LogP contribution in [0.1, 0.15) is 39.5 Å². The minimum atomic E-state index is -0.989. The van der Waals surface area contributed by atoms with Gasteiger partial charge in [0, 0.05) is 19.7 Å². The smallest absolute Gasteiger partial charge is 0.323 e. The topological polar surface area (TPSA) is 78.9 Å². The van der Waals surface area contributed by atoms with Gasteiger partial charge in [-0.25, -0.2) is 4.79 Å². The van der Waals surface area contributed by atoms with E-state index in [1.54, 1.807) is 0 Å². The van der Waals surface area contributed by atoms with Gasteiger partial charge in [-0.15, -0.1) is 0 Å². The molecule has 0 saturated carbocycles. The summed E-state index contributed by atoms with van der Waals surface area (Å²) in [5.41, 5.74) is 0. The van der Waals surface area contributed by atoms with Gasteiger partial charge in [-0.05, 0) is 31.6 Å². The van der Waals surface area contributed by atoms with E-state index in [0.29, 0.717) is 13.1 Å². The van der Waals surface area contributed by atoms with Crippen molar-refractivity contribution in [3.63, 3.8) is 0 Å². The SMILES string of the molecule is CC(C)CN(CC(=O)O)C(=O)NCCC1CCCCO1. The molecule has 6 heteroatoms. The first-order valence-corrected chi connectivity index (χ1v) is 7.35. The van der Waals surface area contributed by atoms with E-state index >= 15 is 0 Å². The lowest BCUT2D eigenvalue weighted by atomic mass is 10.1. The van der Waals surface area contributed by atoms with Crippen LogP contribution in [0, 0.1) is 5.92 Å². The van der Waals surface area contributed by atoms with Crippen LogP contribution in [0.3, 0.4) is 0 Å². The summed E-state index contributed by atoms with van der Waals surface area (Å²) in [5, 5.41) is 11.6. The molecule has 1 saturated heterocycles. The summed E-state index contributed by atoms with van der Waals surface area (Å²) in [4.78, 5) is 24.1. The molecule has 1 aliphatic heterocycles. The van der Waals surface area contributed by atoms with Gasteiger partial charge in [0.25, 0.3) is 0 Å². The van der Waals surface area contributed by atoms with Gasteiger partial charge in [-0.1, -0.05) is 13.8 Å². The van der Waals surface area contributed by atoms with Crippen LogP contribution in [-0.4, -0.2) is 54.4 Å². The van der Waals surface area contributed by atoms with Crippen LogP contribution in [0.25, 0.3) is 0 Å². The molecule has 0 aromatic carbocycles. The van der Waals surface area contributed by atoms with Crippen molar-refractivity contribution in [3.8, 4) is 0 Å². The summed E-state index contributed by atoms with van der Waals surface area (Å²) in [7, 11) is 0. The largest absolute Gasteiger partial charge is 0.480 e. The summed E-state index contributed by atoms with van der Waals surface area (Å²) >= 11 is 0. The van der Waals surface area contributed by atoms with E-state index in [0.717, 1.165) is 25.9 Å². The minimum absolute atomic E-state index is 0.224. The maximum absolute atomic E-state index is 12.0. The van der Waals surface area contributed by atoms with E-state index < -0.39 is 5.97 Å². The van der Waals surface area contributed by atoms with Crippen molar-refractivity contribution in [2.75, 3.05) is 26.2 Å². The second-order valence-corrected chi connectivity index (χ2v) is 5.68. The monoisotopic (exact) mass is 286 g/mol. The Labute approximate surface area is 120 Å². The van der Waals surface area contributed by atoms with E-state index in [-0.39, 0.29) is 24.6 Å². The number of aliphatic carboxylic acids is 1. The second-order valence-electron chi connectivity index (χ2n) is 5.68. The van der Waals surface area contributed by atoms with Crippen LogP contribution >= 0.6 is 0 Å². The average molecular weight is 286 g/mol. The van der Waals surface area contributed by atoms with Crippen molar-refractivity contribution >= 4 is 12.0 Å². The number of nitrogens with one attached hydrogen (secondary N) is 1. The van der Waals surface area contributed by atoms with Gasteiger partial charge >= 0.3 is 12.0 Å². The maximum atomic E-state index is 12.0. The molecule has 1 atom stereocenters. The van der Waals surface area contributed by atoms with E-state index in [1.807, 2.05) is 13.8 Å². The molecule has 20 heavy (non-hydrogen) atoms. The van der Waals surface area contributed by atoms with E-state index in [1.165, 1.54) is 11.3 Å². The molecule has 1 aliphatic rings. The molecular formula is C14H26N2O4. The first-order chi connectivity index (χ1) is 9.49. The highest BCUT2D eigenvalue weighted by Gasteiger charge is 2.18. The van der Waals surface area contributed by atoms with Crippen LogP contribution in [0.5, 0.6) is 0 Å². The molecule has 6 nitrogen and oxygen atoms in total. The third-order valence-corrected chi connectivity index (χ3v) is 3.22. The Morgan fingerprint density at radius 1 is 1.40 bits per heavy atom. The van der Waals surface area contributed by atoms with Crippen molar-refractivity contribution in [1.29, 1.82) is 0 Å². The van der Waals surface area contributed by atoms with E-state index in [4.69, 9.17) is 9.84 Å². The highest BCUT2D eigenvalue weighted by atomic mass is 16.5. The quantitative estimate of drug-likeness (QED) is 0.746. The van der Waals surface area contributed by atoms with Gasteiger partial charge in [-0.2, -0.15) is 0 Å². The minimum Gasteiger partial charge on any atom is -0.480 e. The molecule has 1 heterocycles. The molecule has 0 radical (unpaired) electrons. The number of carboxylic acids is 1. The Kier molecular flexibility index (Phi) is 7.36. The first kappa shape index (κ1) is 16.8. The number of carboxylic acid groups (broad SMARTS) is 1. The van der Waals surface area contributed by atoms with Crippen molar-refractivity contribution < 1.29 is 19.4 Å². The van der Waals surface area contributed by atoms with Gasteiger partial charge in [0.1, 0.15) is 6.54 Å². The summed E-state index contributed by atoms with van der Waals surface area (Å²) in [6.45, 7) is 5.42. The Balaban J connectivity index is 2.30. The number of urea groups is 1. The normalized spacial score (nSPS) is 18.9. The van der Waals surface area contributed by atoms with Gasteiger partial charge in [0.05, 0.1) is 6.10 Å². The van der Waals surface area contributed by atoms with Crippen molar-refractivity contribution in [2.24, 2.45) is 5.92 Å². The molecule has 0 spiro atoms. The number of hydrogen-bond donors (Lipinski definition) is 2. The molecule has 0 aromatic heterocycles. The van der Waals surface area contributed by atoms with Crippen molar-refractivity contribution in [2.45, 2.75) is 45.6 Å². The molecule has 2 amide bonds. The van der Waals surface area contributed by atoms with Crippen molar-refractivity contribution in [3.05, 3.63) is 0 Å². The fraction of sp³-hybridized carbons (Fsp3) is 0.857. The van der Waals surface area contributed by atoms with Gasteiger partial charge in [0.15, 0.2) is 0 Å². The predicted molar refractivity (Wildman–Crippen MR) is 75.7 cm³/mol. The fourth-order valence-corrected chi connectivity index (χ4v) is 2.31. The number of ether oxygens (including phenoxy) is 1.